The quantitative estimate of drug-likeness (QED) is 0.521. The average Bonchev–Trinajstić information content (AvgIpc) is 2.14. The van der Waals surface area contributed by atoms with E-state index in [1.54, 1.807) is 13.2 Å². The summed E-state index contributed by atoms with van der Waals surface area (Å²) in [6, 6.07) is 0. The average molecular weight is 128 g/mol. The van der Waals surface area contributed by atoms with Crippen LogP contribution in [0, 0.1) is 6.26 Å². The Morgan fingerprint density at radius 1 is 1.88 bits per heavy atom. The van der Waals surface area contributed by atoms with Crippen molar-refractivity contribution >= 4 is 11.8 Å². The second kappa shape index (κ2) is 2.17. The normalized spacial score (nSPS) is 9.75. The minimum Gasteiger partial charge on any atom is -0.187 e. The van der Waals surface area contributed by atoms with Gasteiger partial charge in [0.1, 0.15) is 5.03 Å². The van der Waals surface area contributed by atoms with Gasteiger partial charge in [0.15, 0.2) is 0 Å². The predicted molar refractivity (Wildman–Crippen MR) is 32.2 cm³/mol. The van der Waals surface area contributed by atoms with E-state index in [4.69, 9.17) is 0 Å². The fourth-order valence-electron chi connectivity index (χ4n) is 0.393. The first-order valence-electron chi connectivity index (χ1n) is 2.11. The van der Waals surface area contributed by atoms with Gasteiger partial charge >= 0.3 is 0 Å². The van der Waals surface area contributed by atoms with E-state index < -0.39 is 0 Å². The van der Waals surface area contributed by atoms with Crippen molar-refractivity contribution < 1.29 is 0 Å². The molecule has 0 aliphatic heterocycles. The lowest BCUT2D eigenvalue weighted by atomic mass is 11.0. The molecule has 1 aromatic heterocycles. The Balaban J connectivity index is 2.84. The molecule has 0 saturated carbocycles. The molecule has 0 saturated heterocycles. The first kappa shape index (κ1) is 5.62. The van der Waals surface area contributed by atoms with Gasteiger partial charge in [-0.05, 0) is 0 Å². The van der Waals surface area contributed by atoms with Crippen molar-refractivity contribution in [1.82, 2.24) is 15.0 Å². The molecule has 0 spiro atoms. The van der Waals surface area contributed by atoms with Crippen molar-refractivity contribution in [3.63, 3.8) is 0 Å². The van der Waals surface area contributed by atoms with Crippen molar-refractivity contribution in [2.75, 3.05) is 0 Å². The highest BCUT2D eigenvalue weighted by atomic mass is 32.2. The summed E-state index contributed by atoms with van der Waals surface area (Å²) in [7, 11) is 1.78. The number of aryl methyl sites for hydroxylation is 1. The van der Waals surface area contributed by atoms with E-state index in [1.165, 1.54) is 16.6 Å². The summed E-state index contributed by atoms with van der Waals surface area (Å²) < 4.78 is 0. The molecule has 1 heterocycles. The molecule has 1 rings (SSSR count). The Kier molecular flexibility index (Phi) is 1.53. The van der Waals surface area contributed by atoms with Gasteiger partial charge in [0.25, 0.3) is 0 Å². The molecule has 43 valence electrons. The third kappa shape index (κ3) is 1.01. The van der Waals surface area contributed by atoms with Gasteiger partial charge < -0.3 is 0 Å². The van der Waals surface area contributed by atoms with Gasteiger partial charge in [-0.2, -0.15) is 9.90 Å². The van der Waals surface area contributed by atoms with E-state index in [0.29, 0.717) is 0 Å². The van der Waals surface area contributed by atoms with Gasteiger partial charge in [-0.3, -0.25) is 0 Å². The molecule has 0 atom stereocenters. The standard InChI is InChI=1S/C4H6N3S/c1-7-5-3-4(6-7)8-2/h3H,2H2,1H3. The van der Waals surface area contributed by atoms with Gasteiger partial charge in [-0.15, -0.1) is 16.9 Å². The van der Waals surface area contributed by atoms with Gasteiger partial charge in [-0.25, -0.2) is 0 Å². The second-order valence-corrected chi connectivity index (χ2v) is 2.02. The van der Waals surface area contributed by atoms with Crippen LogP contribution >= 0.6 is 11.8 Å². The highest BCUT2D eigenvalue weighted by Gasteiger charge is 1.90. The topological polar surface area (TPSA) is 30.7 Å². The lowest BCUT2D eigenvalue weighted by molar-refractivity contribution is 0.641. The Hall–Kier alpha value is -0.510. The lowest BCUT2D eigenvalue weighted by Crippen LogP contribution is -1.90. The summed E-state index contributed by atoms with van der Waals surface area (Å²) in [5.41, 5.74) is 0. The fraction of sp³-hybridized carbons (Fsp3) is 0.250. The lowest BCUT2D eigenvalue weighted by Gasteiger charge is -1.80. The van der Waals surface area contributed by atoms with Crippen LogP contribution in [0.15, 0.2) is 11.2 Å². The monoisotopic (exact) mass is 128 g/mol. The smallest absolute Gasteiger partial charge is 0.138 e. The van der Waals surface area contributed by atoms with Gasteiger partial charge in [0.05, 0.1) is 6.20 Å². The molecule has 0 bridgehead atoms. The highest BCUT2D eigenvalue weighted by Crippen LogP contribution is 2.08. The third-order valence-electron chi connectivity index (χ3n) is 0.726. The molecular weight excluding hydrogens is 122 g/mol. The van der Waals surface area contributed by atoms with E-state index in [0.717, 1.165) is 5.03 Å². The van der Waals surface area contributed by atoms with Crippen LogP contribution in [0.25, 0.3) is 0 Å². The molecule has 3 nitrogen and oxygen atoms in total. The Morgan fingerprint density at radius 2 is 2.62 bits per heavy atom. The maximum absolute atomic E-state index is 3.94. The zero-order valence-electron chi connectivity index (χ0n) is 4.53. The van der Waals surface area contributed by atoms with Crippen molar-refractivity contribution in [2.45, 2.75) is 5.03 Å². The summed E-state index contributed by atoms with van der Waals surface area (Å²) in [6.07, 6.45) is 5.25. The molecule has 0 aromatic carbocycles. The van der Waals surface area contributed by atoms with Crippen LogP contribution in [0.4, 0.5) is 0 Å². The van der Waals surface area contributed by atoms with Gasteiger partial charge in [0.2, 0.25) is 0 Å². The molecule has 0 N–H and O–H groups in total. The van der Waals surface area contributed by atoms with E-state index in [1.807, 2.05) is 0 Å². The minimum absolute atomic E-state index is 0.854. The molecule has 8 heavy (non-hydrogen) atoms. The SMILES string of the molecule is [CH2]Sc1cnn(C)n1. The maximum Gasteiger partial charge on any atom is 0.138 e. The molecule has 0 amide bonds. The largest absolute Gasteiger partial charge is 0.187 e. The number of hydrogen-bond acceptors (Lipinski definition) is 3. The van der Waals surface area contributed by atoms with E-state index in [-0.39, 0.29) is 0 Å². The van der Waals surface area contributed by atoms with Gasteiger partial charge in [-0.1, -0.05) is 0 Å². The van der Waals surface area contributed by atoms with E-state index in [9.17, 15) is 0 Å². The van der Waals surface area contributed by atoms with Crippen LogP contribution in [-0.4, -0.2) is 15.0 Å². The number of hydrogen-bond donors (Lipinski definition) is 0. The van der Waals surface area contributed by atoms with Crippen molar-refractivity contribution in [2.24, 2.45) is 7.05 Å². The van der Waals surface area contributed by atoms with Crippen LogP contribution in [0.2, 0.25) is 0 Å². The minimum atomic E-state index is 0.854. The molecule has 0 unspecified atom stereocenters. The summed E-state index contributed by atoms with van der Waals surface area (Å²) in [6.45, 7) is 0. The van der Waals surface area contributed by atoms with Crippen LogP contribution in [0.5, 0.6) is 0 Å². The molecular formula is C4H6N3S. The van der Waals surface area contributed by atoms with Crippen LogP contribution in [-0.2, 0) is 7.05 Å². The number of rotatable bonds is 1. The summed E-state index contributed by atoms with van der Waals surface area (Å²) in [4.78, 5) is 1.51. The molecule has 0 aliphatic carbocycles. The molecule has 1 radical (unpaired) electrons. The van der Waals surface area contributed by atoms with E-state index >= 15 is 0 Å². The highest BCUT2D eigenvalue weighted by molar-refractivity contribution is 8.00. The zero-order valence-corrected chi connectivity index (χ0v) is 5.35. The summed E-state index contributed by atoms with van der Waals surface area (Å²) in [5.74, 6) is 0. The van der Waals surface area contributed by atoms with E-state index in [2.05, 4.69) is 16.5 Å². The fourth-order valence-corrected chi connectivity index (χ4v) is 0.691. The van der Waals surface area contributed by atoms with Crippen molar-refractivity contribution in [3.8, 4) is 0 Å². The third-order valence-corrected chi connectivity index (χ3v) is 1.21. The first-order valence-corrected chi connectivity index (χ1v) is 3.10. The Labute approximate surface area is 52.1 Å². The maximum atomic E-state index is 3.94. The Bertz CT molecular complexity index is 172. The summed E-state index contributed by atoms with van der Waals surface area (Å²) >= 11 is 1.35. The van der Waals surface area contributed by atoms with Crippen molar-refractivity contribution in [3.05, 3.63) is 12.5 Å². The van der Waals surface area contributed by atoms with Gasteiger partial charge in [0, 0.05) is 13.3 Å². The first-order chi connectivity index (χ1) is 3.83. The van der Waals surface area contributed by atoms with Crippen LogP contribution in [0.3, 0.4) is 0 Å². The molecule has 1 aromatic rings. The molecule has 0 aliphatic rings. The number of thioether (sulfide) groups is 1. The van der Waals surface area contributed by atoms with Crippen LogP contribution < -0.4 is 0 Å². The number of aromatic nitrogens is 3. The molecule has 0 fully saturated rings. The second-order valence-electron chi connectivity index (χ2n) is 1.32. The number of nitrogens with zero attached hydrogens (tertiary/aromatic N) is 3. The summed E-state index contributed by atoms with van der Waals surface area (Å²) in [5, 5.41) is 8.62. The Morgan fingerprint density at radius 3 is 2.88 bits per heavy atom. The van der Waals surface area contributed by atoms with Crippen molar-refractivity contribution in [1.29, 1.82) is 0 Å². The molecule has 4 heteroatoms. The van der Waals surface area contributed by atoms with Crippen LogP contribution in [0.1, 0.15) is 0 Å². The predicted octanol–water partition coefficient (Wildman–Crippen LogP) is 0.699. The zero-order chi connectivity index (χ0) is 5.98.